The fourth-order valence-electron chi connectivity index (χ4n) is 5.79. The molecule has 0 fully saturated rings. The average molecular weight is 433 g/mol. The number of hydrogen-bond acceptors (Lipinski definition) is 1. The number of ether oxygens (including phenoxy) is 1. The Kier molecular flexibility index (Phi) is 4.03. The summed E-state index contributed by atoms with van der Waals surface area (Å²) in [6, 6.07) is 17.9. The van der Waals surface area contributed by atoms with E-state index in [0.29, 0.717) is 0 Å². The van der Waals surface area contributed by atoms with Gasteiger partial charge in [0.1, 0.15) is 18.5 Å². The lowest BCUT2D eigenvalue weighted by molar-refractivity contribution is -0.659. The van der Waals surface area contributed by atoms with Gasteiger partial charge in [-0.2, -0.15) is 0 Å². The molecule has 0 bridgehead atoms. The van der Waals surface area contributed by atoms with Crippen molar-refractivity contribution in [2.75, 3.05) is 0 Å². The van der Waals surface area contributed by atoms with Gasteiger partial charge in [-0.1, -0.05) is 62.7 Å². The SMILES string of the molecule is Cc1ccc2c(C(C)(C)C)c3c(c(C)c2c1)-c1c2c(cc4c(C)cccc4c2cc[n+]1C)O3. The number of aromatic nitrogens is 1. The molecule has 0 N–H and O–H groups in total. The summed E-state index contributed by atoms with van der Waals surface area (Å²) < 4.78 is 9.20. The summed E-state index contributed by atoms with van der Waals surface area (Å²) >= 11 is 0. The monoisotopic (exact) mass is 432 g/mol. The summed E-state index contributed by atoms with van der Waals surface area (Å²) in [5, 5.41) is 7.62. The van der Waals surface area contributed by atoms with Crippen LogP contribution in [0.5, 0.6) is 11.5 Å². The summed E-state index contributed by atoms with van der Waals surface area (Å²) in [4.78, 5) is 0. The number of aryl methyl sites for hydroxylation is 4. The number of nitrogens with zero attached hydrogens (tertiary/aromatic N) is 1. The van der Waals surface area contributed by atoms with E-state index in [0.717, 1.165) is 11.5 Å². The van der Waals surface area contributed by atoms with E-state index in [1.807, 2.05) is 0 Å². The van der Waals surface area contributed by atoms with E-state index >= 15 is 0 Å². The van der Waals surface area contributed by atoms with E-state index in [1.54, 1.807) is 0 Å². The van der Waals surface area contributed by atoms with Crippen molar-refractivity contribution in [1.82, 2.24) is 0 Å². The molecule has 1 aromatic heterocycles. The fraction of sp³-hybridized carbons (Fsp3) is 0.258. The summed E-state index contributed by atoms with van der Waals surface area (Å²) in [7, 11) is 2.16. The molecule has 1 aliphatic rings. The zero-order valence-electron chi connectivity index (χ0n) is 20.6. The first kappa shape index (κ1) is 20.2. The first-order chi connectivity index (χ1) is 15.7. The van der Waals surface area contributed by atoms with E-state index < -0.39 is 0 Å². The number of fused-ring (bicyclic) bond motifs is 5. The highest BCUT2D eigenvalue weighted by atomic mass is 16.5. The highest BCUT2D eigenvalue weighted by Gasteiger charge is 2.36. The predicted octanol–water partition coefficient (Wildman–Crippen LogP) is 7.97. The van der Waals surface area contributed by atoms with E-state index in [9.17, 15) is 0 Å². The van der Waals surface area contributed by atoms with Crippen molar-refractivity contribution in [3.8, 4) is 22.8 Å². The van der Waals surface area contributed by atoms with E-state index in [2.05, 4.69) is 108 Å². The number of rotatable bonds is 0. The number of pyridine rings is 1. The Hall–Kier alpha value is -3.39. The molecule has 2 heterocycles. The Morgan fingerprint density at radius 1 is 0.788 bits per heavy atom. The Morgan fingerprint density at radius 2 is 1.58 bits per heavy atom. The third kappa shape index (κ3) is 2.70. The summed E-state index contributed by atoms with van der Waals surface area (Å²) in [5.74, 6) is 1.97. The van der Waals surface area contributed by atoms with Gasteiger partial charge in [0.2, 0.25) is 5.69 Å². The number of hydrogen-bond donors (Lipinski definition) is 0. The van der Waals surface area contributed by atoms with Crippen LogP contribution < -0.4 is 9.30 Å². The van der Waals surface area contributed by atoms with Gasteiger partial charge in [0.15, 0.2) is 6.20 Å². The molecule has 4 aromatic carbocycles. The molecule has 164 valence electrons. The van der Waals surface area contributed by atoms with Crippen molar-refractivity contribution in [3.05, 3.63) is 77.0 Å². The summed E-state index contributed by atoms with van der Waals surface area (Å²) in [5.41, 5.74) is 7.54. The maximum atomic E-state index is 6.93. The summed E-state index contributed by atoms with van der Waals surface area (Å²) in [6.07, 6.45) is 2.20. The van der Waals surface area contributed by atoms with Crippen LogP contribution in [0.15, 0.2) is 54.7 Å². The molecule has 33 heavy (non-hydrogen) atoms. The second-order valence-electron chi connectivity index (χ2n) is 10.7. The van der Waals surface area contributed by atoms with Gasteiger partial charge < -0.3 is 4.74 Å². The van der Waals surface area contributed by atoms with E-state index in [4.69, 9.17) is 4.74 Å². The minimum Gasteiger partial charge on any atom is -0.455 e. The Bertz CT molecular complexity index is 1650. The van der Waals surface area contributed by atoms with Crippen LogP contribution in [0.2, 0.25) is 0 Å². The van der Waals surface area contributed by atoms with Crippen LogP contribution in [0.1, 0.15) is 43.0 Å². The molecular formula is C31H30NO+. The lowest BCUT2D eigenvalue weighted by Crippen LogP contribution is -2.32. The van der Waals surface area contributed by atoms with Crippen molar-refractivity contribution in [3.63, 3.8) is 0 Å². The second kappa shape index (κ2) is 6.57. The molecule has 0 aliphatic carbocycles. The van der Waals surface area contributed by atoms with Crippen LogP contribution in [-0.4, -0.2) is 0 Å². The maximum Gasteiger partial charge on any atom is 0.228 e. The van der Waals surface area contributed by atoms with Crippen molar-refractivity contribution in [1.29, 1.82) is 0 Å². The lowest BCUT2D eigenvalue weighted by Gasteiger charge is -2.31. The zero-order chi connectivity index (χ0) is 23.2. The van der Waals surface area contributed by atoms with E-state index in [1.165, 1.54) is 65.8 Å². The standard InChI is InChI=1S/C31H30NO/c1-17-11-12-22-24(15-17)19(3)26-29-27-21(13-14-32(29)7)20-10-8-9-18(2)23(20)16-25(27)33-30(26)28(22)31(4,5)6/h8-16H,1-7H3/q+1. The van der Waals surface area contributed by atoms with Gasteiger partial charge in [0.25, 0.3) is 0 Å². The minimum absolute atomic E-state index is 0.0674. The zero-order valence-corrected chi connectivity index (χ0v) is 20.6. The minimum atomic E-state index is -0.0674. The van der Waals surface area contributed by atoms with Gasteiger partial charge in [-0.15, -0.1) is 0 Å². The highest BCUT2D eigenvalue weighted by Crippen LogP contribution is 2.54. The fourth-order valence-corrected chi connectivity index (χ4v) is 5.79. The van der Waals surface area contributed by atoms with Crippen LogP contribution >= 0.6 is 0 Å². The van der Waals surface area contributed by atoms with Crippen molar-refractivity contribution >= 4 is 32.3 Å². The topological polar surface area (TPSA) is 13.1 Å². The predicted molar refractivity (Wildman–Crippen MR) is 139 cm³/mol. The molecule has 2 heteroatoms. The Balaban J connectivity index is 1.88. The van der Waals surface area contributed by atoms with Crippen LogP contribution in [-0.2, 0) is 12.5 Å². The Morgan fingerprint density at radius 3 is 2.33 bits per heavy atom. The van der Waals surface area contributed by atoms with Crippen LogP contribution in [0.4, 0.5) is 0 Å². The molecule has 2 nitrogen and oxygen atoms in total. The molecule has 0 saturated carbocycles. The largest absolute Gasteiger partial charge is 0.455 e. The Labute approximate surface area is 195 Å². The normalized spacial score (nSPS) is 12.9. The first-order valence-corrected chi connectivity index (χ1v) is 11.8. The van der Waals surface area contributed by atoms with Gasteiger partial charge >= 0.3 is 0 Å². The van der Waals surface area contributed by atoms with Crippen LogP contribution in [0, 0.1) is 20.8 Å². The van der Waals surface area contributed by atoms with Crippen LogP contribution in [0.25, 0.3) is 43.6 Å². The third-order valence-corrected chi connectivity index (χ3v) is 7.34. The molecule has 0 saturated heterocycles. The van der Waals surface area contributed by atoms with Gasteiger partial charge in [-0.3, -0.25) is 0 Å². The average Bonchev–Trinajstić information content (AvgIpc) is 2.75. The quantitative estimate of drug-likeness (QED) is 0.175. The molecule has 0 amide bonds. The molecule has 1 aliphatic heterocycles. The van der Waals surface area contributed by atoms with Crippen LogP contribution in [0.3, 0.4) is 0 Å². The summed E-state index contributed by atoms with van der Waals surface area (Å²) in [6.45, 7) is 13.5. The van der Waals surface area contributed by atoms with Gasteiger partial charge in [-0.25, -0.2) is 4.57 Å². The van der Waals surface area contributed by atoms with Crippen molar-refractivity contribution in [2.45, 2.75) is 47.0 Å². The van der Waals surface area contributed by atoms with Gasteiger partial charge in [0.05, 0.1) is 10.9 Å². The molecule has 0 radical (unpaired) electrons. The molecule has 0 atom stereocenters. The molecule has 6 rings (SSSR count). The molecule has 5 aromatic rings. The third-order valence-electron chi connectivity index (χ3n) is 7.34. The lowest BCUT2D eigenvalue weighted by atomic mass is 9.78. The van der Waals surface area contributed by atoms with Gasteiger partial charge in [0, 0.05) is 17.0 Å². The molecule has 0 spiro atoms. The van der Waals surface area contributed by atoms with Crippen molar-refractivity contribution in [2.24, 2.45) is 7.05 Å². The highest BCUT2D eigenvalue weighted by molar-refractivity contribution is 6.16. The number of benzene rings is 4. The maximum absolute atomic E-state index is 6.93. The first-order valence-electron chi connectivity index (χ1n) is 11.8. The molecule has 0 unspecified atom stereocenters. The van der Waals surface area contributed by atoms with Gasteiger partial charge in [-0.05, 0) is 64.9 Å². The second-order valence-corrected chi connectivity index (χ2v) is 10.7. The molecular weight excluding hydrogens is 402 g/mol. The van der Waals surface area contributed by atoms with Crippen molar-refractivity contribution < 1.29 is 9.30 Å². The van der Waals surface area contributed by atoms with E-state index in [-0.39, 0.29) is 5.41 Å². The smallest absolute Gasteiger partial charge is 0.228 e.